The Morgan fingerprint density at radius 3 is 2.42 bits per heavy atom. The van der Waals surface area contributed by atoms with Gasteiger partial charge in [-0.2, -0.15) is 0 Å². The van der Waals surface area contributed by atoms with E-state index in [2.05, 4.69) is 22.5 Å². The summed E-state index contributed by atoms with van der Waals surface area (Å²) in [6.07, 6.45) is 6.52. The first-order valence-electron chi connectivity index (χ1n) is 9.99. The highest BCUT2D eigenvalue weighted by atomic mass is 19.1. The maximum Gasteiger partial charge on any atom is 0.123 e. The van der Waals surface area contributed by atoms with Crippen LogP contribution in [-0.4, -0.2) is 35.8 Å². The second-order valence-corrected chi connectivity index (χ2v) is 7.72. The minimum absolute atomic E-state index is 0.175. The van der Waals surface area contributed by atoms with Crippen LogP contribution in [0.15, 0.2) is 30.3 Å². The fourth-order valence-electron chi connectivity index (χ4n) is 4.48. The van der Waals surface area contributed by atoms with Crippen molar-refractivity contribution in [1.82, 2.24) is 9.47 Å². The number of ether oxygens (including phenoxy) is 1. The Kier molecular flexibility index (Phi) is 5.41. The van der Waals surface area contributed by atoms with Crippen LogP contribution >= 0.6 is 0 Å². The molecular weight excluding hydrogens is 327 g/mol. The summed E-state index contributed by atoms with van der Waals surface area (Å²) in [7, 11) is 0. The molecule has 0 spiro atoms. The van der Waals surface area contributed by atoms with Crippen LogP contribution in [0.25, 0.3) is 5.69 Å². The van der Waals surface area contributed by atoms with E-state index >= 15 is 0 Å². The number of hydrogen-bond acceptors (Lipinski definition) is 2. The molecule has 4 rings (SSSR count). The molecule has 4 heteroatoms. The molecule has 2 heterocycles. The molecule has 0 radical (unpaired) electrons. The van der Waals surface area contributed by atoms with Gasteiger partial charge < -0.3 is 9.30 Å². The second kappa shape index (κ2) is 7.93. The summed E-state index contributed by atoms with van der Waals surface area (Å²) in [5, 5.41) is 0. The van der Waals surface area contributed by atoms with Gasteiger partial charge in [0, 0.05) is 36.7 Å². The normalized spacial score (nSPS) is 19.8. The van der Waals surface area contributed by atoms with E-state index in [1.54, 1.807) is 12.1 Å². The van der Waals surface area contributed by atoms with Crippen LogP contribution < -0.4 is 0 Å². The minimum Gasteiger partial charge on any atom is -0.379 e. The van der Waals surface area contributed by atoms with Crippen molar-refractivity contribution in [2.75, 3.05) is 26.3 Å². The number of hydrogen-bond donors (Lipinski definition) is 0. The first kappa shape index (κ1) is 17.7. The molecule has 0 atom stereocenters. The predicted octanol–water partition coefficient (Wildman–Crippen LogP) is 4.80. The third-order valence-electron chi connectivity index (χ3n) is 5.99. The van der Waals surface area contributed by atoms with Crippen molar-refractivity contribution in [3.05, 3.63) is 53.1 Å². The Labute approximate surface area is 155 Å². The average molecular weight is 356 g/mol. The van der Waals surface area contributed by atoms with E-state index in [9.17, 15) is 4.39 Å². The van der Waals surface area contributed by atoms with Gasteiger partial charge >= 0.3 is 0 Å². The molecule has 1 aliphatic heterocycles. The summed E-state index contributed by atoms with van der Waals surface area (Å²) < 4.78 is 21.3. The zero-order chi connectivity index (χ0) is 17.9. The van der Waals surface area contributed by atoms with Gasteiger partial charge in [-0.05, 0) is 61.6 Å². The van der Waals surface area contributed by atoms with Gasteiger partial charge in [0.15, 0.2) is 0 Å². The van der Waals surface area contributed by atoms with E-state index < -0.39 is 0 Å². The molecular formula is C22H29FN2O. The molecule has 1 saturated carbocycles. The van der Waals surface area contributed by atoms with Crippen LogP contribution in [0, 0.1) is 12.7 Å². The quantitative estimate of drug-likeness (QED) is 0.782. The molecule has 1 aromatic heterocycles. The molecule has 0 bridgehead atoms. The summed E-state index contributed by atoms with van der Waals surface area (Å²) in [5.41, 5.74) is 5.19. The Morgan fingerprint density at radius 1 is 1.04 bits per heavy atom. The van der Waals surface area contributed by atoms with Crippen LogP contribution in [0.5, 0.6) is 0 Å². The zero-order valence-corrected chi connectivity index (χ0v) is 15.7. The standard InChI is InChI=1S/C22H29FN2O/c1-17-19(16-24-11-13-26-14-12-24)15-22(18-5-3-2-4-6-18)25(17)21-9-7-20(23)8-10-21/h7-10,15,18H,2-6,11-14,16H2,1H3. The first-order chi connectivity index (χ1) is 12.7. The van der Waals surface area contributed by atoms with E-state index in [1.165, 1.54) is 49.1 Å². The Balaban J connectivity index is 1.70. The molecule has 26 heavy (non-hydrogen) atoms. The average Bonchev–Trinajstić information content (AvgIpc) is 3.00. The van der Waals surface area contributed by atoms with Gasteiger partial charge in [-0.3, -0.25) is 4.90 Å². The van der Waals surface area contributed by atoms with Gasteiger partial charge in [0.05, 0.1) is 13.2 Å². The van der Waals surface area contributed by atoms with Crippen LogP contribution in [0.1, 0.15) is 55.0 Å². The van der Waals surface area contributed by atoms with Gasteiger partial charge in [-0.1, -0.05) is 19.3 Å². The number of morpholine rings is 1. The lowest BCUT2D eigenvalue weighted by molar-refractivity contribution is 0.0341. The van der Waals surface area contributed by atoms with Crippen molar-refractivity contribution in [1.29, 1.82) is 0 Å². The highest BCUT2D eigenvalue weighted by Crippen LogP contribution is 2.36. The predicted molar refractivity (Wildman–Crippen MR) is 102 cm³/mol. The Hall–Kier alpha value is -1.65. The van der Waals surface area contributed by atoms with Gasteiger partial charge in [0.1, 0.15) is 5.82 Å². The smallest absolute Gasteiger partial charge is 0.123 e. The zero-order valence-electron chi connectivity index (χ0n) is 15.7. The van der Waals surface area contributed by atoms with Crippen molar-refractivity contribution in [2.45, 2.75) is 51.5 Å². The first-order valence-corrected chi connectivity index (χ1v) is 9.99. The van der Waals surface area contributed by atoms with E-state index in [0.717, 1.165) is 38.5 Å². The van der Waals surface area contributed by atoms with Gasteiger partial charge in [-0.15, -0.1) is 0 Å². The Bertz CT molecular complexity index is 725. The molecule has 0 amide bonds. The Morgan fingerprint density at radius 2 is 1.73 bits per heavy atom. The molecule has 0 unspecified atom stereocenters. The molecule has 0 N–H and O–H groups in total. The molecule has 1 aromatic carbocycles. The minimum atomic E-state index is -0.175. The van der Waals surface area contributed by atoms with E-state index in [4.69, 9.17) is 4.74 Å². The lowest BCUT2D eigenvalue weighted by Crippen LogP contribution is -2.35. The summed E-state index contributed by atoms with van der Waals surface area (Å²) in [6.45, 7) is 6.84. The van der Waals surface area contributed by atoms with Crippen LogP contribution in [0.4, 0.5) is 4.39 Å². The van der Waals surface area contributed by atoms with Gasteiger partial charge in [0.2, 0.25) is 0 Å². The molecule has 140 valence electrons. The van der Waals surface area contributed by atoms with E-state index in [-0.39, 0.29) is 5.82 Å². The maximum atomic E-state index is 13.4. The number of nitrogens with zero attached hydrogens (tertiary/aromatic N) is 2. The summed E-state index contributed by atoms with van der Waals surface area (Å²) in [4.78, 5) is 2.48. The third kappa shape index (κ3) is 3.72. The molecule has 2 aliphatic rings. The summed E-state index contributed by atoms with van der Waals surface area (Å²) in [5.74, 6) is 0.442. The summed E-state index contributed by atoms with van der Waals surface area (Å²) >= 11 is 0. The van der Waals surface area contributed by atoms with Crippen molar-refractivity contribution < 1.29 is 9.13 Å². The largest absolute Gasteiger partial charge is 0.379 e. The highest BCUT2D eigenvalue weighted by molar-refractivity contribution is 5.42. The number of halogens is 1. The van der Waals surface area contributed by atoms with Crippen LogP contribution in [-0.2, 0) is 11.3 Å². The monoisotopic (exact) mass is 356 g/mol. The number of aromatic nitrogens is 1. The van der Waals surface area contributed by atoms with Crippen molar-refractivity contribution >= 4 is 0 Å². The van der Waals surface area contributed by atoms with Crippen molar-refractivity contribution in [2.24, 2.45) is 0 Å². The van der Waals surface area contributed by atoms with Crippen molar-refractivity contribution in [3.8, 4) is 5.69 Å². The van der Waals surface area contributed by atoms with Gasteiger partial charge in [0.25, 0.3) is 0 Å². The topological polar surface area (TPSA) is 17.4 Å². The van der Waals surface area contributed by atoms with Gasteiger partial charge in [-0.25, -0.2) is 4.39 Å². The fraction of sp³-hybridized carbons (Fsp3) is 0.545. The molecule has 2 fully saturated rings. The number of benzene rings is 1. The number of rotatable bonds is 4. The summed E-state index contributed by atoms with van der Waals surface area (Å²) in [6, 6.07) is 9.38. The van der Waals surface area contributed by atoms with E-state index in [0.29, 0.717) is 5.92 Å². The second-order valence-electron chi connectivity index (χ2n) is 7.72. The van der Waals surface area contributed by atoms with Crippen molar-refractivity contribution in [3.63, 3.8) is 0 Å². The van der Waals surface area contributed by atoms with Crippen LogP contribution in [0.3, 0.4) is 0 Å². The lowest BCUT2D eigenvalue weighted by atomic mass is 9.86. The fourth-order valence-corrected chi connectivity index (χ4v) is 4.48. The third-order valence-corrected chi connectivity index (χ3v) is 5.99. The maximum absolute atomic E-state index is 13.4. The molecule has 1 saturated heterocycles. The molecule has 1 aliphatic carbocycles. The van der Waals surface area contributed by atoms with E-state index in [1.807, 2.05) is 12.1 Å². The SMILES string of the molecule is Cc1c(CN2CCOCC2)cc(C2CCCCC2)n1-c1ccc(F)cc1. The lowest BCUT2D eigenvalue weighted by Gasteiger charge is -2.26. The van der Waals surface area contributed by atoms with Crippen LogP contribution in [0.2, 0.25) is 0 Å². The molecule has 2 aromatic rings. The molecule has 3 nitrogen and oxygen atoms in total. The highest BCUT2D eigenvalue weighted by Gasteiger charge is 2.24.